The first-order chi connectivity index (χ1) is 39.2. The van der Waals surface area contributed by atoms with Crippen LogP contribution in [0.4, 0.5) is 0 Å². The van der Waals surface area contributed by atoms with Crippen LogP contribution in [0.1, 0.15) is 105 Å². The van der Waals surface area contributed by atoms with E-state index < -0.39 is 0 Å². The van der Waals surface area contributed by atoms with Crippen molar-refractivity contribution < 1.29 is 0 Å². The summed E-state index contributed by atoms with van der Waals surface area (Å²) in [5, 5.41) is 7.54. The van der Waals surface area contributed by atoms with Crippen LogP contribution in [-0.4, -0.2) is 23.1 Å². The average molecular weight is 1070 g/mol. The second-order valence-electron chi connectivity index (χ2n) is 27.1. The lowest BCUT2D eigenvalue weighted by atomic mass is 9.85. The minimum atomic E-state index is 0.00762. The lowest BCUT2D eigenvalue weighted by Crippen LogP contribution is -2.10. The van der Waals surface area contributed by atoms with Crippen molar-refractivity contribution in [2.24, 2.45) is 0 Å². The molecule has 404 valence electrons. The number of pyridine rings is 1. The summed E-state index contributed by atoms with van der Waals surface area (Å²) in [6.07, 6.45) is 2.18. The molecule has 0 aliphatic rings. The second kappa shape index (κ2) is 18.3. The van der Waals surface area contributed by atoms with Crippen LogP contribution < -0.4 is 0 Å². The number of hydrogen-bond acceptors (Lipinski definition) is 1. The Morgan fingerprint density at radius 3 is 1.01 bits per heavy atom. The summed E-state index contributed by atoms with van der Waals surface area (Å²) in [7, 11) is 0. The van der Waals surface area contributed by atoms with Crippen molar-refractivity contribution in [2.75, 3.05) is 0 Å². The molecule has 0 aliphatic heterocycles. The van der Waals surface area contributed by atoms with E-state index in [1.807, 2.05) is 0 Å². The molecule has 14 rings (SSSR count). The number of rotatable bonds is 6. The van der Waals surface area contributed by atoms with E-state index in [4.69, 9.17) is 4.98 Å². The van der Waals surface area contributed by atoms with Crippen molar-refractivity contribution >= 4 is 71.1 Å². The molecule has 0 spiro atoms. The Balaban J connectivity index is 0.971. The first-order valence-corrected chi connectivity index (χ1v) is 29.2. The topological polar surface area (TPSA) is 32.1 Å². The molecule has 0 fully saturated rings. The molecule has 0 radical (unpaired) electrons. The van der Waals surface area contributed by atoms with Crippen LogP contribution in [0.25, 0.3) is 122 Å². The molecule has 0 aliphatic carbocycles. The van der Waals surface area contributed by atoms with Gasteiger partial charge in [0.15, 0.2) is 0 Å². The van der Waals surface area contributed by atoms with Gasteiger partial charge in [0.1, 0.15) is 5.65 Å². The smallest absolute Gasteiger partial charge is 0.138 e. The van der Waals surface area contributed by atoms with Gasteiger partial charge < -0.3 is 13.7 Å². The standard InChI is InChI=1S/C77H71N5/c1-74(2,3)52-25-33-65-59(42-52)60-43-53(75(4,5)6)26-34-66(60)81(65)57-31-37-69-63(46-57)64-47-58(82-67-35-27-54(76(7,8)9)44-61(67)62-45-55(77(10,11)12)28-36-68(62)82)32-38-70(64)80(69)56-29-23-48(24-30-56)51-39-40-79-71(41-51)78-72(49-19-15-13-16-20-49)73(79)50-21-17-14-18-22-50/h13-47H,1-12H3. The fourth-order valence-corrected chi connectivity index (χ4v) is 12.7. The van der Waals surface area contributed by atoms with Crippen LogP contribution in [-0.2, 0) is 21.7 Å². The molecule has 82 heavy (non-hydrogen) atoms. The number of imidazole rings is 1. The van der Waals surface area contributed by atoms with Crippen molar-refractivity contribution in [2.45, 2.75) is 105 Å². The third kappa shape index (κ3) is 8.38. The first-order valence-electron chi connectivity index (χ1n) is 29.2. The summed E-state index contributed by atoms with van der Waals surface area (Å²) < 4.78 is 9.69. The predicted octanol–water partition coefficient (Wildman–Crippen LogP) is 20.8. The van der Waals surface area contributed by atoms with E-state index in [1.54, 1.807) is 0 Å². The molecule has 5 heteroatoms. The Bertz CT molecular complexity index is 4510. The maximum absolute atomic E-state index is 5.30. The molecule has 5 heterocycles. The van der Waals surface area contributed by atoms with E-state index in [2.05, 4.69) is 314 Å². The van der Waals surface area contributed by atoms with Crippen LogP contribution in [0.15, 0.2) is 212 Å². The van der Waals surface area contributed by atoms with Crippen LogP contribution >= 0.6 is 0 Å². The van der Waals surface area contributed by atoms with Crippen LogP contribution in [0.2, 0.25) is 0 Å². The van der Waals surface area contributed by atoms with Gasteiger partial charge in [-0.2, -0.15) is 0 Å². The third-order valence-electron chi connectivity index (χ3n) is 17.4. The van der Waals surface area contributed by atoms with Gasteiger partial charge in [-0.3, -0.25) is 4.40 Å². The molecule has 5 nitrogen and oxygen atoms in total. The van der Waals surface area contributed by atoms with Gasteiger partial charge in [0.25, 0.3) is 0 Å². The molecule has 5 aromatic heterocycles. The quantitative estimate of drug-likeness (QED) is 0.163. The normalized spacial score (nSPS) is 12.9. The maximum atomic E-state index is 5.30. The van der Waals surface area contributed by atoms with E-state index >= 15 is 0 Å². The maximum Gasteiger partial charge on any atom is 0.138 e. The Morgan fingerprint density at radius 2 is 0.622 bits per heavy atom. The molecule has 0 bridgehead atoms. The van der Waals surface area contributed by atoms with Crippen molar-refractivity contribution in [1.29, 1.82) is 0 Å². The number of benzene rings is 9. The highest BCUT2D eigenvalue weighted by Crippen LogP contribution is 2.44. The zero-order valence-corrected chi connectivity index (χ0v) is 49.4. The molecule has 0 saturated carbocycles. The van der Waals surface area contributed by atoms with E-state index in [-0.39, 0.29) is 21.7 Å². The predicted molar refractivity (Wildman–Crippen MR) is 349 cm³/mol. The van der Waals surface area contributed by atoms with E-state index in [0.717, 1.165) is 67.4 Å². The molecular formula is C77H71N5. The van der Waals surface area contributed by atoms with E-state index in [1.165, 1.54) is 76.6 Å². The largest absolute Gasteiger partial charge is 0.309 e. The van der Waals surface area contributed by atoms with Gasteiger partial charge in [-0.15, -0.1) is 0 Å². The highest BCUT2D eigenvalue weighted by atomic mass is 15.0. The molecule has 0 N–H and O–H groups in total. The van der Waals surface area contributed by atoms with Gasteiger partial charge in [-0.05, 0) is 164 Å². The monoisotopic (exact) mass is 1070 g/mol. The Kier molecular flexibility index (Phi) is 11.4. The van der Waals surface area contributed by atoms with Gasteiger partial charge in [-0.1, -0.05) is 180 Å². The van der Waals surface area contributed by atoms with Crippen LogP contribution in [0, 0.1) is 0 Å². The second-order valence-corrected chi connectivity index (χ2v) is 27.1. The summed E-state index contributed by atoms with van der Waals surface area (Å²) in [5.41, 5.74) is 23.4. The molecule has 0 saturated heterocycles. The average Bonchev–Trinajstić information content (AvgIpc) is 3.09. The van der Waals surface area contributed by atoms with Gasteiger partial charge in [0.2, 0.25) is 0 Å². The summed E-state index contributed by atoms with van der Waals surface area (Å²) in [5.74, 6) is 0. The van der Waals surface area contributed by atoms with Gasteiger partial charge in [0, 0.05) is 66.7 Å². The minimum absolute atomic E-state index is 0.00762. The van der Waals surface area contributed by atoms with Crippen molar-refractivity contribution in [1.82, 2.24) is 23.1 Å². The first kappa shape index (κ1) is 51.2. The Hall–Kier alpha value is -8.93. The fraction of sp³-hybridized carbons (Fsp3) is 0.208. The highest BCUT2D eigenvalue weighted by Gasteiger charge is 2.25. The summed E-state index contributed by atoms with van der Waals surface area (Å²) in [6.45, 7) is 27.8. The molecule has 9 aromatic carbocycles. The van der Waals surface area contributed by atoms with Gasteiger partial charge in [-0.25, -0.2) is 4.98 Å². The lowest BCUT2D eigenvalue weighted by molar-refractivity contribution is 0.590. The lowest BCUT2D eigenvalue weighted by Gasteiger charge is -2.19. The molecule has 14 aromatic rings. The summed E-state index contributed by atoms with van der Waals surface area (Å²) in [6, 6.07) is 77.5. The van der Waals surface area contributed by atoms with Gasteiger partial charge in [0.05, 0.1) is 44.5 Å². The van der Waals surface area contributed by atoms with E-state index in [9.17, 15) is 0 Å². The molecule has 0 unspecified atom stereocenters. The zero-order valence-electron chi connectivity index (χ0n) is 49.4. The van der Waals surface area contributed by atoms with Crippen LogP contribution in [0.5, 0.6) is 0 Å². The number of aromatic nitrogens is 5. The van der Waals surface area contributed by atoms with Crippen molar-refractivity contribution in [3.63, 3.8) is 0 Å². The molecular weight excluding hydrogens is 995 g/mol. The van der Waals surface area contributed by atoms with E-state index in [0.29, 0.717) is 0 Å². The zero-order chi connectivity index (χ0) is 56.8. The van der Waals surface area contributed by atoms with Crippen LogP contribution in [0.3, 0.4) is 0 Å². The number of fused-ring (bicyclic) bond motifs is 10. The van der Waals surface area contributed by atoms with Gasteiger partial charge >= 0.3 is 0 Å². The molecule has 0 amide bonds. The summed E-state index contributed by atoms with van der Waals surface area (Å²) >= 11 is 0. The minimum Gasteiger partial charge on any atom is -0.309 e. The van der Waals surface area contributed by atoms with Crippen molar-refractivity contribution in [3.8, 4) is 50.7 Å². The molecule has 0 atom stereocenters. The third-order valence-corrected chi connectivity index (χ3v) is 17.4. The number of nitrogens with zero attached hydrogens (tertiary/aromatic N) is 5. The SMILES string of the molecule is CC(C)(C)c1ccc2c(c1)c1cc(C(C)(C)C)ccc1n2-c1ccc2c(c1)c1cc(-n3c4ccc(C(C)(C)C)cc4c4cc(C(C)(C)C)ccc43)ccc1n2-c1ccc(-c2ccn3c(-c4ccccc4)c(-c4ccccc4)nc3c2)cc1. The fourth-order valence-electron chi connectivity index (χ4n) is 12.7. The Morgan fingerprint density at radius 1 is 0.280 bits per heavy atom. The Labute approximate surface area is 481 Å². The summed E-state index contributed by atoms with van der Waals surface area (Å²) in [4.78, 5) is 5.30. The van der Waals surface area contributed by atoms with Crippen molar-refractivity contribution in [3.05, 3.63) is 235 Å². The highest BCUT2D eigenvalue weighted by molar-refractivity contribution is 6.14. The number of hydrogen-bond donors (Lipinski definition) is 0.